The summed E-state index contributed by atoms with van der Waals surface area (Å²) in [7, 11) is 0. The van der Waals surface area contributed by atoms with Gasteiger partial charge >= 0.3 is 6.03 Å². The molecule has 1 spiro atoms. The molecule has 29 heavy (non-hydrogen) atoms. The minimum atomic E-state index is -0.659. The monoisotopic (exact) mass is 402 g/mol. The number of likely N-dealkylation sites (tertiary alicyclic amines) is 1. The molecule has 3 N–H and O–H groups in total. The van der Waals surface area contributed by atoms with Gasteiger partial charge in [0.25, 0.3) is 5.91 Å². The van der Waals surface area contributed by atoms with E-state index in [1.165, 1.54) is 35.2 Å². The first kappa shape index (κ1) is 19.3. The number of nitrogen functional groups attached to an aromatic ring is 1. The Morgan fingerprint density at radius 2 is 1.93 bits per heavy atom. The third-order valence-electron chi connectivity index (χ3n) is 5.27. The molecule has 152 valence electrons. The highest BCUT2D eigenvalue weighted by atomic mass is 19.1. The number of nitrogens with two attached hydrogens (primary N) is 1. The zero-order valence-electron chi connectivity index (χ0n) is 15.5. The fraction of sp³-hybridized carbons (Fsp3) is 0.300. The van der Waals surface area contributed by atoms with Crippen molar-refractivity contribution in [3.63, 3.8) is 0 Å². The van der Waals surface area contributed by atoms with Gasteiger partial charge in [-0.3, -0.25) is 15.1 Å². The van der Waals surface area contributed by atoms with Gasteiger partial charge in [0, 0.05) is 29.9 Å². The van der Waals surface area contributed by atoms with E-state index in [4.69, 9.17) is 10.6 Å². The number of urea groups is 1. The van der Waals surface area contributed by atoms with E-state index in [-0.39, 0.29) is 29.1 Å². The lowest BCUT2D eigenvalue weighted by Crippen LogP contribution is -2.68. The molecule has 3 amide bonds. The number of hydrogen-bond donors (Lipinski definition) is 2. The molecule has 0 atom stereocenters. The molecule has 0 bridgehead atoms. The van der Waals surface area contributed by atoms with Crippen LogP contribution in [0, 0.1) is 17.0 Å². The molecule has 2 saturated heterocycles. The van der Waals surface area contributed by atoms with E-state index in [1.54, 1.807) is 11.0 Å². The Morgan fingerprint density at radius 1 is 1.17 bits per heavy atom. The Hall–Kier alpha value is -3.04. The lowest BCUT2D eigenvalue weighted by molar-refractivity contribution is -0.174. The van der Waals surface area contributed by atoms with E-state index in [1.807, 2.05) is 5.43 Å². The lowest BCUT2D eigenvalue weighted by Gasteiger charge is -2.55. The summed E-state index contributed by atoms with van der Waals surface area (Å²) in [5.74, 6) is 3.29. The van der Waals surface area contributed by atoms with E-state index < -0.39 is 17.5 Å². The number of hydrazine groups is 1. The average molecular weight is 402 g/mol. The smallest absolute Gasteiger partial charge is 0.324 e. The number of rotatable bonds is 4. The highest BCUT2D eigenvalue weighted by Gasteiger charge is 2.51. The van der Waals surface area contributed by atoms with Crippen molar-refractivity contribution in [1.82, 2.24) is 10.3 Å². The van der Waals surface area contributed by atoms with Crippen LogP contribution in [0.4, 0.5) is 19.3 Å². The highest BCUT2D eigenvalue weighted by Crippen LogP contribution is 2.38. The van der Waals surface area contributed by atoms with E-state index >= 15 is 0 Å². The molecule has 7 nitrogen and oxygen atoms in total. The van der Waals surface area contributed by atoms with Gasteiger partial charge in [0.1, 0.15) is 11.6 Å². The minimum Gasteiger partial charge on any atom is -0.380 e. The van der Waals surface area contributed by atoms with Crippen LogP contribution in [-0.2, 0) is 11.3 Å². The number of hydrogen-bond acceptors (Lipinski definition) is 4. The van der Waals surface area contributed by atoms with Crippen LogP contribution in [-0.4, -0.2) is 43.1 Å². The van der Waals surface area contributed by atoms with Gasteiger partial charge < -0.3 is 9.64 Å². The van der Waals surface area contributed by atoms with Gasteiger partial charge in [0.2, 0.25) is 0 Å². The Kier molecular flexibility index (Phi) is 4.93. The van der Waals surface area contributed by atoms with Crippen LogP contribution in [0.25, 0.3) is 0 Å². The van der Waals surface area contributed by atoms with Crippen molar-refractivity contribution in [3.05, 3.63) is 65.2 Å². The molecule has 0 saturated carbocycles. The summed E-state index contributed by atoms with van der Waals surface area (Å²) < 4.78 is 33.6. The van der Waals surface area contributed by atoms with Crippen LogP contribution in [0.1, 0.15) is 15.9 Å². The quantitative estimate of drug-likeness (QED) is 0.465. The maximum Gasteiger partial charge on any atom is 0.324 e. The summed E-state index contributed by atoms with van der Waals surface area (Å²) in [4.78, 5) is 27.6. The van der Waals surface area contributed by atoms with E-state index in [2.05, 4.69) is 0 Å². The molecule has 2 heterocycles. The van der Waals surface area contributed by atoms with Crippen LogP contribution in [0.15, 0.2) is 42.5 Å². The van der Waals surface area contributed by atoms with Crippen LogP contribution in [0.2, 0.25) is 0 Å². The summed E-state index contributed by atoms with van der Waals surface area (Å²) in [6.45, 7) is 2.23. The van der Waals surface area contributed by atoms with Crippen molar-refractivity contribution in [2.24, 2.45) is 11.3 Å². The van der Waals surface area contributed by atoms with Gasteiger partial charge in [-0.2, -0.15) is 0 Å². The Balaban J connectivity index is 1.59. The molecule has 0 radical (unpaired) electrons. The number of nitrogens with one attached hydrogen (secondary N) is 1. The van der Waals surface area contributed by atoms with E-state index in [9.17, 15) is 18.4 Å². The maximum atomic E-state index is 14.6. The third-order valence-corrected chi connectivity index (χ3v) is 5.27. The van der Waals surface area contributed by atoms with Gasteiger partial charge in [-0.25, -0.2) is 19.4 Å². The Bertz CT molecular complexity index is 956. The second-order valence-electron chi connectivity index (χ2n) is 7.48. The summed E-state index contributed by atoms with van der Waals surface area (Å²) in [5, 5.41) is 0. The van der Waals surface area contributed by atoms with Crippen molar-refractivity contribution < 1.29 is 23.1 Å². The number of halogens is 2. The van der Waals surface area contributed by atoms with Crippen LogP contribution >= 0.6 is 0 Å². The van der Waals surface area contributed by atoms with Crippen LogP contribution in [0.5, 0.6) is 0 Å². The molecule has 2 aliphatic rings. The number of anilines is 1. The minimum absolute atomic E-state index is 0.0196. The second kappa shape index (κ2) is 7.41. The predicted molar refractivity (Wildman–Crippen MR) is 101 cm³/mol. The van der Waals surface area contributed by atoms with Gasteiger partial charge in [0.15, 0.2) is 0 Å². The molecule has 9 heteroatoms. The Morgan fingerprint density at radius 3 is 2.52 bits per heavy atom. The van der Waals surface area contributed by atoms with E-state index in [0.717, 1.165) is 6.07 Å². The summed E-state index contributed by atoms with van der Waals surface area (Å²) in [6.07, 6.45) is 0. The summed E-state index contributed by atoms with van der Waals surface area (Å²) in [5.41, 5.74) is 2.54. The molecule has 2 fully saturated rings. The van der Waals surface area contributed by atoms with Crippen molar-refractivity contribution >= 4 is 17.6 Å². The third kappa shape index (κ3) is 3.66. The highest BCUT2D eigenvalue weighted by molar-refractivity contribution is 5.94. The summed E-state index contributed by atoms with van der Waals surface area (Å²) in [6, 6.07) is 9.14. The Labute approximate surface area is 166 Å². The number of carbonyl (C=O) groups is 2. The first-order valence-corrected chi connectivity index (χ1v) is 9.10. The van der Waals surface area contributed by atoms with Crippen molar-refractivity contribution in [1.29, 1.82) is 0 Å². The van der Waals surface area contributed by atoms with Crippen LogP contribution < -0.4 is 16.2 Å². The molecule has 0 aromatic heterocycles. The molecule has 2 aliphatic heterocycles. The first-order chi connectivity index (χ1) is 13.9. The SMILES string of the molecule is NNC(=O)c1ccc(CN(C(=O)N2CC3(COC3)C2)c2cccc(F)c2)c(F)c1. The lowest BCUT2D eigenvalue weighted by atomic mass is 9.78. The molecule has 0 unspecified atom stereocenters. The standard InChI is InChI=1S/C20H20F2N4O3/c21-15-2-1-3-16(7-15)26(19(28)25-9-20(10-25)11-29-12-20)8-14-5-4-13(6-17(14)22)18(27)24-23/h1-7H,8-12,23H2,(H,24,27). The van der Waals surface area contributed by atoms with Gasteiger partial charge in [-0.15, -0.1) is 0 Å². The van der Waals surface area contributed by atoms with Crippen molar-refractivity contribution in [2.45, 2.75) is 6.54 Å². The molecule has 0 aliphatic carbocycles. The number of benzene rings is 2. The largest absolute Gasteiger partial charge is 0.380 e. The topological polar surface area (TPSA) is 87.9 Å². The molecule has 2 aromatic carbocycles. The number of ether oxygens (including phenoxy) is 1. The maximum absolute atomic E-state index is 14.6. The second-order valence-corrected chi connectivity index (χ2v) is 7.48. The average Bonchev–Trinajstić information content (AvgIpc) is 2.64. The number of amides is 3. The van der Waals surface area contributed by atoms with Crippen molar-refractivity contribution in [2.75, 3.05) is 31.2 Å². The molecule has 4 rings (SSSR count). The zero-order chi connectivity index (χ0) is 20.6. The fourth-order valence-corrected chi connectivity index (χ4v) is 3.63. The number of carbonyl (C=O) groups excluding carboxylic acids is 2. The van der Waals surface area contributed by atoms with Gasteiger partial charge in [-0.1, -0.05) is 12.1 Å². The first-order valence-electron chi connectivity index (χ1n) is 9.10. The van der Waals surface area contributed by atoms with Crippen molar-refractivity contribution in [3.8, 4) is 0 Å². The number of nitrogens with zero attached hydrogens (tertiary/aromatic N) is 2. The zero-order valence-corrected chi connectivity index (χ0v) is 15.5. The van der Waals surface area contributed by atoms with Gasteiger partial charge in [-0.05, 0) is 30.3 Å². The predicted octanol–water partition coefficient (Wildman–Crippen LogP) is 2.03. The van der Waals surface area contributed by atoms with E-state index in [0.29, 0.717) is 32.0 Å². The fourth-order valence-electron chi connectivity index (χ4n) is 3.63. The summed E-state index contributed by atoms with van der Waals surface area (Å²) >= 11 is 0. The molecule has 2 aromatic rings. The van der Waals surface area contributed by atoms with Crippen LogP contribution in [0.3, 0.4) is 0 Å². The molecular formula is C20H20F2N4O3. The molecular weight excluding hydrogens is 382 g/mol. The van der Waals surface area contributed by atoms with Gasteiger partial charge in [0.05, 0.1) is 25.2 Å². The normalized spacial score (nSPS) is 16.7.